The predicted molar refractivity (Wildman–Crippen MR) is 96.4 cm³/mol. The van der Waals surface area contributed by atoms with Crippen LogP contribution in [-0.4, -0.2) is 56.0 Å². The minimum atomic E-state index is -3.68. The molecule has 0 saturated carbocycles. The molecule has 2 aliphatic heterocycles. The van der Waals surface area contributed by atoms with E-state index in [2.05, 4.69) is 10.3 Å². The van der Waals surface area contributed by atoms with Crippen LogP contribution in [0.15, 0.2) is 35.4 Å². The molecule has 2 atom stereocenters. The Bertz CT molecular complexity index is 946. The normalized spacial score (nSPS) is 23.7. The Hall–Kier alpha value is -2.03. The Kier molecular flexibility index (Phi) is 4.42. The molecule has 4 rings (SSSR count). The van der Waals surface area contributed by atoms with Gasteiger partial charge in [-0.2, -0.15) is 4.31 Å². The van der Waals surface area contributed by atoms with Crippen LogP contribution in [0.1, 0.15) is 29.8 Å². The van der Waals surface area contributed by atoms with Gasteiger partial charge in [-0.1, -0.05) is 12.1 Å². The first-order valence-electron chi connectivity index (χ1n) is 8.74. The second kappa shape index (κ2) is 6.61. The SMILES string of the molecule is COC(=O)c1nccc2c(S(=O)(=O)N3C4CCNCC3CC4)cccc12. The highest BCUT2D eigenvalue weighted by Gasteiger charge is 2.43. The Labute approximate surface area is 152 Å². The van der Waals surface area contributed by atoms with Gasteiger partial charge in [0.2, 0.25) is 10.0 Å². The van der Waals surface area contributed by atoms with Gasteiger partial charge in [-0.25, -0.2) is 18.2 Å². The number of hydrogen-bond acceptors (Lipinski definition) is 6. The quantitative estimate of drug-likeness (QED) is 0.819. The summed E-state index contributed by atoms with van der Waals surface area (Å²) < 4.78 is 33.5. The summed E-state index contributed by atoms with van der Waals surface area (Å²) in [6, 6.07) is 6.61. The van der Waals surface area contributed by atoms with Gasteiger partial charge in [-0.05, 0) is 37.9 Å². The fourth-order valence-electron chi connectivity index (χ4n) is 4.11. The first kappa shape index (κ1) is 17.4. The highest BCUT2D eigenvalue weighted by molar-refractivity contribution is 7.89. The van der Waals surface area contributed by atoms with Crippen molar-refractivity contribution in [3.05, 3.63) is 36.2 Å². The van der Waals surface area contributed by atoms with Crippen LogP contribution < -0.4 is 5.32 Å². The first-order chi connectivity index (χ1) is 12.5. The van der Waals surface area contributed by atoms with Crippen molar-refractivity contribution >= 4 is 26.8 Å². The maximum absolute atomic E-state index is 13.5. The summed E-state index contributed by atoms with van der Waals surface area (Å²) in [4.78, 5) is 16.3. The van der Waals surface area contributed by atoms with Gasteiger partial charge in [0.1, 0.15) is 0 Å². The molecule has 26 heavy (non-hydrogen) atoms. The second-order valence-corrected chi connectivity index (χ2v) is 8.53. The highest BCUT2D eigenvalue weighted by Crippen LogP contribution is 2.36. The van der Waals surface area contributed by atoms with Gasteiger partial charge >= 0.3 is 5.97 Å². The molecule has 1 N–H and O–H groups in total. The van der Waals surface area contributed by atoms with E-state index in [9.17, 15) is 13.2 Å². The summed E-state index contributed by atoms with van der Waals surface area (Å²) in [5.74, 6) is -0.579. The number of carbonyl (C=O) groups is 1. The van der Waals surface area contributed by atoms with Crippen molar-refractivity contribution in [2.45, 2.75) is 36.2 Å². The molecule has 2 aromatic rings. The van der Waals surface area contributed by atoms with E-state index in [0.717, 1.165) is 25.8 Å². The monoisotopic (exact) mass is 375 g/mol. The van der Waals surface area contributed by atoms with Crippen LogP contribution in [0.5, 0.6) is 0 Å². The number of ether oxygens (including phenoxy) is 1. The van der Waals surface area contributed by atoms with Gasteiger partial charge in [-0.3, -0.25) is 0 Å². The number of benzene rings is 1. The third-order valence-corrected chi connectivity index (χ3v) is 7.35. The fourth-order valence-corrected chi connectivity index (χ4v) is 6.22. The molecule has 2 unspecified atom stereocenters. The van der Waals surface area contributed by atoms with Crippen LogP contribution in [0.25, 0.3) is 10.8 Å². The number of aromatic nitrogens is 1. The number of pyridine rings is 1. The van der Waals surface area contributed by atoms with Gasteiger partial charge in [-0.15, -0.1) is 0 Å². The second-order valence-electron chi connectivity index (χ2n) is 6.72. The minimum absolute atomic E-state index is 0.0235. The Morgan fingerprint density at radius 3 is 2.81 bits per heavy atom. The number of nitrogens with zero attached hydrogens (tertiary/aromatic N) is 2. The lowest BCUT2D eigenvalue weighted by molar-refractivity contribution is 0.0596. The van der Waals surface area contributed by atoms with Crippen molar-refractivity contribution < 1.29 is 17.9 Å². The number of sulfonamides is 1. The summed E-state index contributed by atoms with van der Waals surface area (Å²) in [5.41, 5.74) is 0.127. The third-order valence-electron chi connectivity index (χ3n) is 5.29. The largest absolute Gasteiger partial charge is 0.464 e. The molecule has 2 fully saturated rings. The van der Waals surface area contributed by atoms with Crippen molar-refractivity contribution in [1.29, 1.82) is 0 Å². The maximum atomic E-state index is 13.5. The van der Waals surface area contributed by atoms with E-state index in [-0.39, 0.29) is 22.7 Å². The Balaban J connectivity index is 1.87. The van der Waals surface area contributed by atoms with Crippen molar-refractivity contribution in [2.75, 3.05) is 20.2 Å². The van der Waals surface area contributed by atoms with E-state index in [0.29, 0.717) is 17.3 Å². The van der Waals surface area contributed by atoms with E-state index in [1.807, 2.05) is 0 Å². The van der Waals surface area contributed by atoms with E-state index < -0.39 is 16.0 Å². The number of esters is 1. The zero-order valence-corrected chi connectivity index (χ0v) is 15.3. The van der Waals surface area contributed by atoms with Crippen molar-refractivity contribution in [3.8, 4) is 0 Å². The number of rotatable bonds is 3. The summed E-state index contributed by atoms with van der Waals surface area (Å²) >= 11 is 0. The number of hydrogen-bond donors (Lipinski definition) is 1. The molecule has 2 saturated heterocycles. The van der Waals surface area contributed by atoms with Crippen molar-refractivity contribution in [3.63, 3.8) is 0 Å². The third kappa shape index (κ3) is 2.69. The number of methoxy groups -OCH3 is 1. The fraction of sp³-hybridized carbons (Fsp3) is 0.444. The summed E-state index contributed by atoms with van der Waals surface area (Å²) in [5, 5.41) is 4.31. The van der Waals surface area contributed by atoms with Crippen LogP contribution in [-0.2, 0) is 14.8 Å². The standard InChI is InChI=1S/C18H21N3O4S/c1-25-18(22)17-15-3-2-4-16(14(15)8-10-20-17)26(23,24)21-12-5-6-13(21)11-19-9-7-12/h2-4,8,10,12-13,19H,5-7,9,11H2,1H3. The minimum Gasteiger partial charge on any atom is -0.464 e. The van der Waals surface area contributed by atoms with Gasteiger partial charge in [0.25, 0.3) is 0 Å². The van der Waals surface area contributed by atoms with Crippen molar-refractivity contribution in [1.82, 2.24) is 14.6 Å². The molecule has 1 aromatic carbocycles. The van der Waals surface area contributed by atoms with Crippen LogP contribution in [0.4, 0.5) is 0 Å². The zero-order valence-electron chi connectivity index (χ0n) is 14.5. The van der Waals surface area contributed by atoms with E-state index >= 15 is 0 Å². The molecule has 2 bridgehead atoms. The number of carbonyl (C=O) groups excluding carboxylic acids is 1. The molecule has 7 nitrogen and oxygen atoms in total. The van der Waals surface area contributed by atoms with E-state index in [4.69, 9.17) is 4.74 Å². The number of fused-ring (bicyclic) bond motifs is 3. The van der Waals surface area contributed by atoms with Gasteiger partial charge in [0.05, 0.1) is 12.0 Å². The van der Waals surface area contributed by atoms with Crippen LogP contribution in [0.3, 0.4) is 0 Å². The molecule has 1 aromatic heterocycles. The molecule has 3 heterocycles. The molecule has 8 heteroatoms. The smallest absolute Gasteiger partial charge is 0.357 e. The number of nitrogens with one attached hydrogen (secondary N) is 1. The highest BCUT2D eigenvalue weighted by atomic mass is 32.2. The average Bonchev–Trinajstić information content (AvgIpc) is 2.93. The predicted octanol–water partition coefficient (Wildman–Crippen LogP) is 1.54. The summed E-state index contributed by atoms with van der Waals surface area (Å²) in [6.07, 6.45) is 4.03. The summed E-state index contributed by atoms with van der Waals surface area (Å²) in [6.45, 7) is 1.51. The topological polar surface area (TPSA) is 88.6 Å². The van der Waals surface area contributed by atoms with Gasteiger partial charge < -0.3 is 10.1 Å². The van der Waals surface area contributed by atoms with E-state index in [1.54, 1.807) is 28.6 Å². The molecule has 2 aliphatic rings. The molecule has 138 valence electrons. The first-order valence-corrected chi connectivity index (χ1v) is 10.2. The molecule has 0 spiro atoms. The van der Waals surface area contributed by atoms with Crippen LogP contribution in [0.2, 0.25) is 0 Å². The summed E-state index contributed by atoms with van der Waals surface area (Å²) in [7, 11) is -2.40. The molecule has 0 aliphatic carbocycles. The van der Waals surface area contributed by atoms with Gasteiger partial charge in [0.15, 0.2) is 5.69 Å². The van der Waals surface area contributed by atoms with Crippen LogP contribution >= 0.6 is 0 Å². The maximum Gasteiger partial charge on any atom is 0.357 e. The Morgan fingerprint density at radius 2 is 2.00 bits per heavy atom. The van der Waals surface area contributed by atoms with Gasteiger partial charge in [0, 0.05) is 35.6 Å². The lowest BCUT2D eigenvalue weighted by Gasteiger charge is -2.27. The lowest BCUT2D eigenvalue weighted by Crippen LogP contribution is -2.42. The molecule has 0 radical (unpaired) electrons. The average molecular weight is 375 g/mol. The molecular formula is C18H21N3O4S. The Morgan fingerprint density at radius 1 is 1.19 bits per heavy atom. The van der Waals surface area contributed by atoms with E-state index in [1.165, 1.54) is 13.3 Å². The molecular weight excluding hydrogens is 354 g/mol. The lowest BCUT2D eigenvalue weighted by atomic mass is 10.1. The molecule has 0 amide bonds. The van der Waals surface area contributed by atoms with Crippen LogP contribution in [0, 0.1) is 0 Å². The van der Waals surface area contributed by atoms with Crippen molar-refractivity contribution in [2.24, 2.45) is 0 Å². The zero-order chi connectivity index (χ0) is 18.3.